The molecule has 1 aromatic rings. The molecule has 11 nitrogen and oxygen atoms in total. The highest BCUT2D eigenvalue weighted by Crippen LogP contribution is 2.09. The van der Waals surface area contributed by atoms with Crippen LogP contribution >= 0.6 is 0 Å². The number of aliphatic hydroxyl groups is 2. The Morgan fingerprint density at radius 1 is 1.67 bits per heavy atom. The Labute approximate surface area is 118 Å². The van der Waals surface area contributed by atoms with Gasteiger partial charge in [0.05, 0.1) is 0 Å². The van der Waals surface area contributed by atoms with Crippen molar-refractivity contribution >= 4 is 0 Å². The van der Waals surface area contributed by atoms with E-state index in [1.807, 2.05) is 0 Å². The van der Waals surface area contributed by atoms with Gasteiger partial charge in [-0.2, -0.15) is 10.6 Å². The largest absolute Gasteiger partial charge is 0.510 e. The van der Waals surface area contributed by atoms with Crippen LogP contribution in [0.3, 0.4) is 0 Å². The van der Waals surface area contributed by atoms with Crippen LogP contribution in [0.15, 0.2) is 38.0 Å². The summed E-state index contributed by atoms with van der Waals surface area (Å²) in [4.78, 5) is 30.2. The molecular formula is C10H16N6O5. The third-order valence-corrected chi connectivity index (χ3v) is 2.34. The smallest absolute Gasteiger partial charge is 0.330 e. The highest BCUT2D eigenvalue weighted by atomic mass is 16.7. The third-order valence-electron chi connectivity index (χ3n) is 2.34. The van der Waals surface area contributed by atoms with Crippen LogP contribution in [0.1, 0.15) is 11.8 Å². The van der Waals surface area contributed by atoms with Crippen molar-refractivity contribution < 1.29 is 15.1 Å². The molecule has 6 N–H and O–H groups in total. The Balaban J connectivity index is 3.16. The van der Waals surface area contributed by atoms with Crippen LogP contribution in [-0.2, 0) is 4.84 Å². The Kier molecular flexibility index (Phi) is 6.26. The molecule has 0 fully saturated rings. The Morgan fingerprint density at radius 3 is 3.00 bits per heavy atom. The van der Waals surface area contributed by atoms with E-state index in [4.69, 9.17) is 15.8 Å². The van der Waals surface area contributed by atoms with Gasteiger partial charge in [-0.1, -0.05) is 5.22 Å². The first-order valence-electron chi connectivity index (χ1n) is 5.77. The number of rotatable bonds is 7. The van der Waals surface area contributed by atoms with Crippen LogP contribution in [0.2, 0.25) is 0 Å². The minimum absolute atomic E-state index is 0.216. The minimum atomic E-state index is -1.13. The number of aryl methyl sites for hydroxylation is 1. The number of nitrogens with one attached hydrogen (secondary N) is 2. The van der Waals surface area contributed by atoms with Crippen molar-refractivity contribution in [2.45, 2.75) is 13.2 Å². The number of nitrogens with zero attached hydrogens (tertiary/aromatic N) is 3. The summed E-state index contributed by atoms with van der Waals surface area (Å²) in [5.41, 5.74) is 1.12. The lowest BCUT2D eigenvalue weighted by atomic mass is 10.3. The number of H-pyrrole nitrogens is 1. The molecule has 21 heavy (non-hydrogen) atoms. The molecule has 0 spiro atoms. The number of aliphatic hydroxyl groups excluding tert-OH is 2. The maximum atomic E-state index is 11.8. The second-order valence-electron chi connectivity index (χ2n) is 3.86. The average Bonchev–Trinajstić information content (AvgIpc) is 2.45. The van der Waals surface area contributed by atoms with Crippen LogP contribution < -0.4 is 22.6 Å². The van der Waals surface area contributed by atoms with Crippen LogP contribution in [0.4, 0.5) is 0 Å². The van der Waals surface area contributed by atoms with Crippen LogP contribution in [0.25, 0.3) is 0 Å². The molecular weight excluding hydrogens is 284 g/mol. The lowest BCUT2D eigenvalue weighted by molar-refractivity contribution is -0.0711. The van der Waals surface area contributed by atoms with Gasteiger partial charge in [0.1, 0.15) is 19.0 Å². The van der Waals surface area contributed by atoms with Crippen molar-refractivity contribution in [3.8, 4) is 0 Å². The lowest BCUT2D eigenvalue weighted by Gasteiger charge is -2.16. The molecule has 0 aliphatic heterocycles. The SMILES string of the molecule is Cc1cn([C@@H](/C=C(/O)CN=NN)ONCO)c(=O)[nH]c1=O. The van der Waals surface area contributed by atoms with Crippen molar-refractivity contribution in [3.63, 3.8) is 0 Å². The molecule has 0 aliphatic rings. The van der Waals surface area contributed by atoms with E-state index in [1.165, 1.54) is 13.1 Å². The zero-order valence-electron chi connectivity index (χ0n) is 11.2. The molecule has 1 aromatic heterocycles. The van der Waals surface area contributed by atoms with Gasteiger partial charge in [-0.3, -0.25) is 19.2 Å². The summed E-state index contributed by atoms with van der Waals surface area (Å²) in [5.74, 6) is 4.53. The molecule has 0 aromatic carbocycles. The summed E-state index contributed by atoms with van der Waals surface area (Å²) in [5, 5.41) is 24.7. The Hall–Kier alpha value is -2.50. The molecule has 0 amide bonds. The van der Waals surface area contributed by atoms with Gasteiger partial charge >= 0.3 is 5.69 Å². The molecule has 0 saturated heterocycles. The van der Waals surface area contributed by atoms with Crippen molar-refractivity contribution in [3.05, 3.63) is 44.4 Å². The van der Waals surface area contributed by atoms with Gasteiger partial charge in [-0.05, 0) is 6.92 Å². The number of aromatic amines is 1. The molecule has 0 radical (unpaired) electrons. The van der Waals surface area contributed by atoms with Gasteiger partial charge in [0.2, 0.25) is 0 Å². The first kappa shape index (κ1) is 16.6. The van der Waals surface area contributed by atoms with Crippen LogP contribution in [0.5, 0.6) is 0 Å². The van der Waals surface area contributed by atoms with Gasteiger partial charge < -0.3 is 16.1 Å². The summed E-state index contributed by atoms with van der Waals surface area (Å²) < 4.78 is 1.01. The van der Waals surface area contributed by atoms with E-state index < -0.39 is 24.2 Å². The Morgan fingerprint density at radius 2 is 2.38 bits per heavy atom. The predicted molar refractivity (Wildman–Crippen MR) is 71.0 cm³/mol. The van der Waals surface area contributed by atoms with E-state index in [1.54, 1.807) is 0 Å². The molecule has 1 rings (SSSR count). The van der Waals surface area contributed by atoms with Crippen LogP contribution in [-0.4, -0.2) is 33.0 Å². The number of hydroxylamine groups is 1. The van der Waals surface area contributed by atoms with Gasteiger partial charge in [0, 0.05) is 17.8 Å². The molecule has 0 aliphatic carbocycles. The molecule has 0 unspecified atom stereocenters. The van der Waals surface area contributed by atoms with E-state index in [2.05, 4.69) is 20.8 Å². The van der Waals surface area contributed by atoms with Crippen molar-refractivity contribution in [2.75, 3.05) is 13.3 Å². The normalized spacial score (nSPS) is 13.7. The number of nitrogens with two attached hydrogens (primary N) is 1. The lowest BCUT2D eigenvalue weighted by Crippen LogP contribution is -2.35. The fourth-order valence-electron chi connectivity index (χ4n) is 1.40. The molecule has 0 bridgehead atoms. The summed E-state index contributed by atoms with van der Waals surface area (Å²) in [6, 6.07) is 0. The third kappa shape index (κ3) is 4.83. The minimum Gasteiger partial charge on any atom is -0.510 e. The summed E-state index contributed by atoms with van der Waals surface area (Å²) in [7, 11) is 0. The van der Waals surface area contributed by atoms with E-state index in [0.29, 0.717) is 0 Å². The molecule has 1 heterocycles. The zero-order valence-corrected chi connectivity index (χ0v) is 11.2. The van der Waals surface area contributed by atoms with Crippen molar-refractivity contribution in [1.29, 1.82) is 0 Å². The number of hydrogen-bond acceptors (Lipinski definition) is 8. The van der Waals surface area contributed by atoms with E-state index >= 15 is 0 Å². The standard InChI is InChI=1S/C10H16N6O5/c1-6-4-16(10(20)14-9(6)19)8(21-13-5-17)2-7(18)3-12-15-11/h2,4,8,13,17-18H,3,5H2,1H3,(H2,11,12)(H,14,19,20)/b7-2+/t8-/m1/s1. The monoisotopic (exact) mass is 300 g/mol. The van der Waals surface area contributed by atoms with Gasteiger partial charge in [0.25, 0.3) is 5.56 Å². The highest BCUT2D eigenvalue weighted by molar-refractivity contribution is 5.04. The van der Waals surface area contributed by atoms with E-state index in [0.717, 1.165) is 10.6 Å². The topological polar surface area (TPSA) is 167 Å². The van der Waals surface area contributed by atoms with Gasteiger partial charge in [-0.25, -0.2) is 4.79 Å². The van der Waals surface area contributed by atoms with Crippen molar-refractivity contribution in [1.82, 2.24) is 15.0 Å². The van der Waals surface area contributed by atoms with Crippen LogP contribution in [0, 0.1) is 6.92 Å². The maximum absolute atomic E-state index is 11.8. The quantitative estimate of drug-likeness (QED) is 0.135. The predicted octanol–water partition coefficient (Wildman–Crippen LogP) is -1.42. The first-order valence-corrected chi connectivity index (χ1v) is 5.77. The molecule has 11 heteroatoms. The van der Waals surface area contributed by atoms with E-state index in [-0.39, 0.29) is 17.9 Å². The average molecular weight is 300 g/mol. The maximum Gasteiger partial charge on any atom is 0.330 e. The molecule has 1 atom stereocenters. The second-order valence-corrected chi connectivity index (χ2v) is 3.86. The van der Waals surface area contributed by atoms with Gasteiger partial charge in [0.15, 0.2) is 6.23 Å². The second kappa shape index (κ2) is 7.94. The fraction of sp³-hybridized carbons (Fsp3) is 0.400. The molecule has 0 saturated carbocycles. The highest BCUT2D eigenvalue weighted by Gasteiger charge is 2.13. The summed E-state index contributed by atoms with van der Waals surface area (Å²) in [6.45, 7) is 0.759. The van der Waals surface area contributed by atoms with Gasteiger partial charge in [-0.15, -0.1) is 0 Å². The Bertz CT molecular complexity index is 634. The first-order chi connectivity index (χ1) is 9.99. The zero-order chi connectivity index (χ0) is 15.8. The molecule has 116 valence electrons. The summed E-state index contributed by atoms with van der Waals surface area (Å²) >= 11 is 0. The van der Waals surface area contributed by atoms with E-state index in [9.17, 15) is 14.7 Å². The summed E-state index contributed by atoms with van der Waals surface area (Å²) in [6.07, 6.45) is 1.25. The number of hydrogen-bond donors (Lipinski definition) is 5. The van der Waals surface area contributed by atoms with Crippen molar-refractivity contribution in [2.24, 2.45) is 16.2 Å². The fourth-order valence-corrected chi connectivity index (χ4v) is 1.40. The number of aromatic nitrogens is 2.